The molecule has 1 N–H and O–H groups in total. The molecule has 1 fully saturated rings. The molecule has 0 bridgehead atoms. The minimum absolute atomic E-state index is 0.0631. The molecule has 0 aliphatic carbocycles. The molecule has 1 saturated heterocycles. The van der Waals surface area contributed by atoms with Crippen molar-refractivity contribution < 1.29 is 18.4 Å². The summed E-state index contributed by atoms with van der Waals surface area (Å²) in [6.45, 7) is 4.69. The number of ketones is 1. The van der Waals surface area contributed by atoms with E-state index >= 15 is 0 Å². The van der Waals surface area contributed by atoms with Gasteiger partial charge in [-0.05, 0) is 37.3 Å². The molecule has 0 atom stereocenters. The lowest BCUT2D eigenvalue weighted by atomic mass is 10.1. The maximum absolute atomic E-state index is 14.3. The standard InChI is InChI=1S/C19H22FN3O3/c1-14(24)15-4-5-18(17(20)11-15)23-8-6-22(7-9-23)13-19(25)21-12-16-3-2-10-26-16/h2-5,10-11H,6-9,12-13H2,1H3,(H,21,25). The summed E-state index contributed by atoms with van der Waals surface area (Å²) in [5, 5.41) is 2.82. The molecule has 138 valence electrons. The zero-order valence-electron chi connectivity index (χ0n) is 14.7. The van der Waals surface area contributed by atoms with Crippen LogP contribution in [0, 0.1) is 5.82 Å². The molecule has 1 aromatic heterocycles. The van der Waals surface area contributed by atoms with Crippen LogP contribution < -0.4 is 10.2 Å². The summed E-state index contributed by atoms with van der Waals surface area (Å²) < 4.78 is 19.4. The van der Waals surface area contributed by atoms with Gasteiger partial charge in [-0.2, -0.15) is 0 Å². The highest BCUT2D eigenvalue weighted by atomic mass is 19.1. The van der Waals surface area contributed by atoms with Crippen molar-refractivity contribution in [1.29, 1.82) is 0 Å². The van der Waals surface area contributed by atoms with Crippen LogP contribution in [0.4, 0.5) is 10.1 Å². The molecule has 1 aliphatic rings. The topological polar surface area (TPSA) is 65.8 Å². The predicted molar refractivity (Wildman–Crippen MR) is 95.6 cm³/mol. The fourth-order valence-electron chi connectivity index (χ4n) is 2.99. The van der Waals surface area contributed by atoms with Crippen LogP contribution in [0.2, 0.25) is 0 Å². The van der Waals surface area contributed by atoms with Crippen LogP contribution in [0.25, 0.3) is 0 Å². The molecule has 2 heterocycles. The molecule has 0 spiro atoms. The van der Waals surface area contributed by atoms with E-state index in [1.54, 1.807) is 24.5 Å². The third-order valence-electron chi connectivity index (χ3n) is 4.47. The normalized spacial score (nSPS) is 15.1. The SMILES string of the molecule is CC(=O)c1ccc(N2CCN(CC(=O)NCc3ccco3)CC2)c(F)c1. The van der Waals surface area contributed by atoms with Crippen molar-refractivity contribution in [3.8, 4) is 0 Å². The van der Waals surface area contributed by atoms with Crippen LogP contribution in [-0.2, 0) is 11.3 Å². The molecule has 1 aromatic carbocycles. The summed E-state index contributed by atoms with van der Waals surface area (Å²) in [4.78, 5) is 27.3. The summed E-state index contributed by atoms with van der Waals surface area (Å²) in [5.74, 6) is 0.114. The molecule has 3 rings (SSSR count). The van der Waals surface area contributed by atoms with Crippen molar-refractivity contribution >= 4 is 17.4 Å². The molecule has 6 nitrogen and oxygen atoms in total. The molecule has 1 aliphatic heterocycles. The number of Topliss-reactive ketones (excluding diaryl/α,β-unsaturated/α-hetero) is 1. The number of carbonyl (C=O) groups is 2. The van der Waals surface area contributed by atoms with Crippen LogP contribution in [0.15, 0.2) is 41.0 Å². The van der Waals surface area contributed by atoms with Crippen molar-refractivity contribution in [2.24, 2.45) is 0 Å². The van der Waals surface area contributed by atoms with Gasteiger partial charge in [0.05, 0.1) is 25.0 Å². The van der Waals surface area contributed by atoms with Gasteiger partial charge in [0.25, 0.3) is 0 Å². The van der Waals surface area contributed by atoms with Gasteiger partial charge in [-0.3, -0.25) is 14.5 Å². The van der Waals surface area contributed by atoms with E-state index in [1.165, 1.54) is 13.0 Å². The molecular weight excluding hydrogens is 337 g/mol. The number of benzene rings is 1. The van der Waals surface area contributed by atoms with Gasteiger partial charge in [0.1, 0.15) is 11.6 Å². The van der Waals surface area contributed by atoms with E-state index in [4.69, 9.17) is 4.42 Å². The first-order valence-corrected chi connectivity index (χ1v) is 8.60. The van der Waals surface area contributed by atoms with E-state index in [-0.39, 0.29) is 17.5 Å². The van der Waals surface area contributed by atoms with Crippen LogP contribution >= 0.6 is 0 Å². The number of anilines is 1. The zero-order chi connectivity index (χ0) is 18.5. The van der Waals surface area contributed by atoms with E-state index in [1.807, 2.05) is 15.9 Å². The molecule has 26 heavy (non-hydrogen) atoms. The zero-order valence-corrected chi connectivity index (χ0v) is 14.7. The second-order valence-corrected chi connectivity index (χ2v) is 6.34. The fourth-order valence-corrected chi connectivity index (χ4v) is 2.99. The maximum atomic E-state index is 14.3. The summed E-state index contributed by atoms with van der Waals surface area (Å²) >= 11 is 0. The predicted octanol–water partition coefficient (Wildman–Crippen LogP) is 2.06. The Morgan fingerprint density at radius 2 is 1.96 bits per heavy atom. The van der Waals surface area contributed by atoms with Crippen LogP contribution in [0.3, 0.4) is 0 Å². The van der Waals surface area contributed by atoms with Crippen molar-refractivity contribution in [2.75, 3.05) is 37.6 Å². The highest BCUT2D eigenvalue weighted by molar-refractivity contribution is 5.94. The van der Waals surface area contributed by atoms with Crippen LogP contribution in [0.5, 0.6) is 0 Å². The van der Waals surface area contributed by atoms with Gasteiger partial charge in [0, 0.05) is 31.7 Å². The highest BCUT2D eigenvalue weighted by Crippen LogP contribution is 2.22. The lowest BCUT2D eigenvalue weighted by molar-refractivity contribution is -0.122. The molecule has 7 heteroatoms. The minimum Gasteiger partial charge on any atom is -0.467 e. The smallest absolute Gasteiger partial charge is 0.234 e. The molecule has 1 amide bonds. The first-order valence-electron chi connectivity index (χ1n) is 8.60. The number of furan rings is 1. The number of piperazine rings is 1. The number of hydrogen-bond donors (Lipinski definition) is 1. The Labute approximate surface area is 151 Å². The summed E-state index contributed by atoms with van der Waals surface area (Å²) in [6, 6.07) is 8.17. The highest BCUT2D eigenvalue weighted by Gasteiger charge is 2.21. The van der Waals surface area contributed by atoms with Gasteiger partial charge in [-0.1, -0.05) is 0 Å². The van der Waals surface area contributed by atoms with E-state index < -0.39 is 0 Å². The first-order chi connectivity index (χ1) is 12.5. The number of nitrogens with one attached hydrogen (secondary N) is 1. The summed E-state index contributed by atoms with van der Waals surface area (Å²) in [5.41, 5.74) is 0.870. The lowest BCUT2D eigenvalue weighted by Crippen LogP contribution is -2.49. The Morgan fingerprint density at radius 1 is 1.19 bits per heavy atom. The van der Waals surface area contributed by atoms with Gasteiger partial charge < -0.3 is 14.6 Å². The minimum atomic E-state index is -0.387. The van der Waals surface area contributed by atoms with E-state index in [0.717, 1.165) is 0 Å². The van der Waals surface area contributed by atoms with Gasteiger partial charge in [-0.15, -0.1) is 0 Å². The van der Waals surface area contributed by atoms with E-state index in [9.17, 15) is 14.0 Å². The number of amides is 1. The third kappa shape index (κ3) is 4.49. The Kier molecular flexibility index (Phi) is 5.68. The van der Waals surface area contributed by atoms with Gasteiger partial charge in [0.15, 0.2) is 5.78 Å². The van der Waals surface area contributed by atoms with Gasteiger partial charge in [0.2, 0.25) is 5.91 Å². The molecule has 0 radical (unpaired) electrons. The fraction of sp³-hybridized carbons (Fsp3) is 0.368. The number of nitrogens with zero attached hydrogens (tertiary/aromatic N) is 2. The quantitative estimate of drug-likeness (QED) is 0.800. The number of hydrogen-bond acceptors (Lipinski definition) is 5. The largest absolute Gasteiger partial charge is 0.467 e. The second-order valence-electron chi connectivity index (χ2n) is 6.34. The molecular formula is C19H22FN3O3. The Bertz CT molecular complexity index is 768. The molecule has 0 unspecified atom stereocenters. The second kappa shape index (κ2) is 8.14. The van der Waals surface area contributed by atoms with Crippen molar-refractivity contribution in [2.45, 2.75) is 13.5 Å². The lowest BCUT2D eigenvalue weighted by Gasteiger charge is -2.35. The van der Waals surface area contributed by atoms with Crippen LogP contribution in [-0.4, -0.2) is 49.3 Å². The van der Waals surface area contributed by atoms with E-state index in [0.29, 0.717) is 56.3 Å². The monoisotopic (exact) mass is 359 g/mol. The Balaban J connectivity index is 1.48. The average Bonchev–Trinajstić information content (AvgIpc) is 3.14. The first kappa shape index (κ1) is 18.1. The van der Waals surface area contributed by atoms with E-state index in [2.05, 4.69) is 5.32 Å². The van der Waals surface area contributed by atoms with Crippen molar-refractivity contribution in [1.82, 2.24) is 10.2 Å². The van der Waals surface area contributed by atoms with Crippen molar-refractivity contribution in [3.63, 3.8) is 0 Å². The number of halogens is 1. The van der Waals surface area contributed by atoms with Crippen LogP contribution in [0.1, 0.15) is 23.0 Å². The summed E-state index contributed by atoms with van der Waals surface area (Å²) in [6.07, 6.45) is 1.57. The Hall–Kier alpha value is -2.67. The van der Waals surface area contributed by atoms with Gasteiger partial charge in [-0.25, -0.2) is 4.39 Å². The van der Waals surface area contributed by atoms with Crippen molar-refractivity contribution in [3.05, 3.63) is 53.7 Å². The summed E-state index contributed by atoms with van der Waals surface area (Å²) in [7, 11) is 0. The molecule has 2 aromatic rings. The number of rotatable bonds is 6. The Morgan fingerprint density at radius 3 is 2.58 bits per heavy atom. The third-order valence-corrected chi connectivity index (χ3v) is 4.47. The average molecular weight is 359 g/mol. The maximum Gasteiger partial charge on any atom is 0.234 e. The van der Waals surface area contributed by atoms with Gasteiger partial charge >= 0.3 is 0 Å². The molecule has 0 saturated carbocycles. The number of carbonyl (C=O) groups excluding carboxylic acids is 2.